The molecule has 0 aliphatic carbocycles. The Labute approximate surface area is 164 Å². The third kappa shape index (κ3) is 4.38. The van der Waals surface area contributed by atoms with Crippen molar-refractivity contribution in [2.45, 2.75) is 25.2 Å². The lowest BCUT2D eigenvalue weighted by Gasteiger charge is -2.16. The summed E-state index contributed by atoms with van der Waals surface area (Å²) >= 11 is 12.2. The fourth-order valence-corrected chi connectivity index (χ4v) is 3.92. The molecule has 0 atom stereocenters. The topological polar surface area (TPSA) is 66.5 Å². The number of halogens is 2. The van der Waals surface area contributed by atoms with Gasteiger partial charge in [0.05, 0.1) is 11.3 Å². The van der Waals surface area contributed by atoms with Gasteiger partial charge in [0.15, 0.2) is 0 Å². The van der Waals surface area contributed by atoms with Gasteiger partial charge in [0.2, 0.25) is 15.9 Å². The quantitative estimate of drug-likeness (QED) is 0.802. The molecule has 0 unspecified atom stereocenters. The van der Waals surface area contributed by atoms with E-state index in [4.69, 9.17) is 23.2 Å². The highest BCUT2D eigenvalue weighted by atomic mass is 35.5. The lowest BCUT2D eigenvalue weighted by molar-refractivity contribution is -0.115. The monoisotopic (exact) mass is 414 g/mol. The zero-order chi connectivity index (χ0) is 19.6. The molecule has 0 spiro atoms. The summed E-state index contributed by atoms with van der Waals surface area (Å²) in [6.45, 7) is 3.62. The molecule has 0 aliphatic heterocycles. The maximum Gasteiger partial charge on any atom is 0.242 e. The SMILES string of the molecule is Cc1cc(S(=O)(=O)N(C)C)cc(NC(=O)Cc2c(Cl)cccc2Cl)c1C. The molecule has 140 valence electrons. The summed E-state index contributed by atoms with van der Waals surface area (Å²) in [7, 11) is -0.686. The first-order valence-corrected chi connectivity index (χ1v) is 10.00. The van der Waals surface area contributed by atoms with Crippen molar-refractivity contribution in [3.8, 4) is 0 Å². The van der Waals surface area contributed by atoms with Crippen molar-refractivity contribution in [2.24, 2.45) is 0 Å². The number of hydrogen-bond donors (Lipinski definition) is 1. The van der Waals surface area contributed by atoms with E-state index in [1.165, 1.54) is 20.2 Å². The van der Waals surface area contributed by atoms with E-state index in [0.29, 0.717) is 21.3 Å². The Morgan fingerprint density at radius 1 is 1.12 bits per heavy atom. The molecule has 1 amide bonds. The first kappa shape index (κ1) is 20.7. The van der Waals surface area contributed by atoms with E-state index in [1.54, 1.807) is 31.2 Å². The maximum atomic E-state index is 12.5. The summed E-state index contributed by atoms with van der Waals surface area (Å²) in [5.74, 6) is -0.332. The first-order valence-electron chi connectivity index (χ1n) is 7.80. The van der Waals surface area contributed by atoms with Crippen molar-refractivity contribution < 1.29 is 13.2 Å². The lowest BCUT2D eigenvalue weighted by atomic mass is 10.1. The number of carbonyl (C=O) groups is 1. The van der Waals surface area contributed by atoms with Crippen molar-refractivity contribution in [1.82, 2.24) is 4.31 Å². The zero-order valence-corrected chi connectivity index (χ0v) is 17.3. The van der Waals surface area contributed by atoms with Crippen molar-refractivity contribution >= 4 is 44.8 Å². The van der Waals surface area contributed by atoms with E-state index in [1.807, 2.05) is 6.92 Å². The minimum atomic E-state index is -3.61. The van der Waals surface area contributed by atoms with Crippen LogP contribution in [0.1, 0.15) is 16.7 Å². The van der Waals surface area contributed by atoms with Crippen LogP contribution in [0, 0.1) is 13.8 Å². The minimum Gasteiger partial charge on any atom is -0.326 e. The molecule has 8 heteroatoms. The van der Waals surface area contributed by atoms with Crippen molar-refractivity contribution in [2.75, 3.05) is 19.4 Å². The van der Waals surface area contributed by atoms with Crippen LogP contribution >= 0.6 is 23.2 Å². The number of hydrogen-bond acceptors (Lipinski definition) is 3. The average Bonchev–Trinajstić information content (AvgIpc) is 2.55. The molecule has 0 aliphatic rings. The molecule has 0 aromatic heterocycles. The molecule has 0 bridgehead atoms. The molecule has 26 heavy (non-hydrogen) atoms. The summed E-state index contributed by atoms with van der Waals surface area (Å²) in [5, 5.41) is 3.58. The highest BCUT2D eigenvalue weighted by Gasteiger charge is 2.20. The molecule has 0 heterocycles. The Kier molecular flexibility index (Phi) is 6.34. The Morgan fingerprint density at radius 3 is 2.23 bits per heavy atom. The van der Waals surface area contributed by atoms with E-state index >= 15 is 0 Å². The lowest BCUT2D eigenvalue weighted by Crippen LogP contribution is -2.23. The number of rotatable bonds is 5. The summed E-state index contributed by atoms with van der Waals surface area (Å²) in [5.41, 5.74) is 2.53. The van der Waals surface area contributed by atoms with Gasteiger partial charge in [-0.05, 0) is 54.8 Å². The Bertz CT molecular complexity index is 937. The minimum absolute atomic E-state index is 0.0122. The molecule has 1 N–H and O–H groups in total. The van der Waals surface area contributed by atoms with Crippen molar-refractivity contribution in [1.29, 1.82) is 0 Å². The van der Waals surface area contributed by atoms with Crippen LogP contribution in [0.25, 0.3) is 0 Å². The summed E-state index contributed by atoms with van der Waals surface area (Å²) < 4.78 is 25.9. The van der Waals surface area contributed by atoms with E-state index in [-0.39, 0.29) is 17.2 Å². The van der Waals surface area contributed by atoms with Gasteiger partial charge in [-0.25, -0.2) is 12.7 Å². The fraction of sp³-hybridized carbons (Fsp3) is 0.278. The highest BCUT2D eigenvalue weighted by molar-refractivity contribution is 7.89. The second-order valence-corrected chi connectivity index (χ2v) is 9.09. The molecule has 2 aromatic carbocycles. The Hall–Kier alpha value is -1.60. The molecule has 2 rings (SSSR count). The molecule has 5 nitrogen and oxygen atoms in total. The van der Waals surface area contributed by atoms with Crippen LogP contribution in [0.3, 0.4) is 0 Å². The number of aryl methyl sites for hydroxylation is 1. The number of nitrogens with zero attached hydrogens (tertiary/aromatic N) is 1. The second-order valence-electron chi connectivity index (χ2n) is 6.13. The van der Waals surface area contributed by atoms with Gasteiger partial charge in [-0.2, -0.15) is 0 Å². The number of anilines is 1. The smallest absolute Gasteiger partial charge is 0.242 e. The van der Waals surface area contributed by atoms with Crippen LogP contribution in [0.15, 0.2) is 35.2 Å². The fourth-order valence-electron chi connectivity index (χ4n) is 2.37. The van der Waals surface area contributed by atoms with Gasteiger partial charge in [0.1, 0.15) is 0 Å². The van der Waals surface area contributed by atoms with Gasteiger partial charge in [-0.1, -0.05) is 29.3 Å². The molecule has 0 saturated heterocycles. The van der Waals surface area contributed by atoms with Crippen molar-refractivity contribution in [3.63, 3.8) is 0 Å². The van der Waals surface area contributed by atoms with Gasteiger partial charge in [0.25, 0.3) is 0 Å². The molecular weight excluding hydrogens is 395 g/mol. The third-order valence-electron chi connectivity index (χ3n) is 4.09. The predicted molar refractivity (Wildman–Crippen MR) is 106 cm³/mol. The highest BCUT2D eigenvalue weighted by Crippen LogP contribution is 2.27. The van der Waals surface area contributed by atoms with Gasteiger partial charge < -0.3 is 5.32 Å². The van der Waals surface area contributed by atoms with Crippen LogP contribution in [0.5, 0.6) is 0 Å². The average molecular weight is 415 g/mol. The van der Waals surface area contributed by atoms with Gasteiger partial charge in [0, 0.05) is 29.8 Å². The van der Waals surface area contributed by atoms with E-state index < -0.39 is 10.0 Å². The summed E-state index contributed by atoms with van der Waals surface area (Å²) in [6.07, 6.45) is -0.0122. The number of carbonyl (C=O) groups excluding carboxylic acids is 1. The number of sulfonamides is 1. The van der Waals surface area contributed by atoms with E-state index in [9.17, 15) is 13.2 Å². The van der Waals surface area contributed by atoms with Gasteiger partial charge in [-0.15, -0.1) is 0 Å². The maximum absolute atomic E-state index is 12.5. The molecule has 0 fully saturated rings. The third-order valence-corrected chi connectivity index (χ3v) is 6.59. The van der Waals surface area contributed by atoms with Gasteiger partial charge >= 0.3 is 0 Å². The van der Waals surface area contributed by atoms with E-state index in [2.05, 4.69) is 5.32 Å². The summed E-state index contributed by atoms with van der Waals surface area (Å²) in [4.78, 5) is 12.6. The predicted octanol–water partition coefficient (Wildman–Crippen LogP) is 4.04. The molecule has 2 aromatic rings. The first-order chi connectivity index (χ1) is 12.0. The molecule has 0 saturated carbocycles. The number of nitrogens with one attached hydrogen (secondary N) is 1. The molecule has 0 radical (unpaired) electrons. The second kappa shape index (κ2) is 7.96. The van der Waals surface area contributed by atoms with Crippen LogP contribution < -0.4 is 5.32 Å². The standard InChI is InChI=1S/C18H20Cl2N2O3S/c1-11-8-13(26(24,25)22(3)4)9-17(12(11)2)21-18(23)10-14-15(19)6-5-7-16(14)20/h5-9H,10H2,1-4H3,(H,21,23). The van der Waals surface area contributed by atoms with Crippen LogP contribution in [0.4, 0.5) is 5.69 Å². The molecular formula is C18H20Cl2N2O3S. The van der Waals surface area contributed by atoms with E-state index in [0.717, 1.165) is 15.4 Å². The number of benzene rings is 2. The summed E-state index contributed by atoms with van der Waals surface area (Å²) in [6, 6.07) is 8.08. The Balaban J connectivity index is 2.34. The van der Waals surface area contributed by atoms with Gasteiger partial charge in [-0.3, -0.25) is 4.79 Å². The van der Waals surface area contributed by atoms with Crippen molar-refractivity contribution in [3.05, 3.63) is 57.1 Å². The largest absolute Gasteiger partial charge is 0.326 e. The number of amides is 1. The van der Waals surface area contributed by atoms with Crippen LogP contribution in [-0.2, 0) is 21.2 Å². The zero-order valence-electron chi connectivity index (χ0n) is 14.9. The van der Waals surface area contributed by atoms with Crippen LogP contribution in [0.2, 0.25) is 10.0 Å². The van der Waals surface area contributed by atoms with Crippen LogP contribution in [-0.4, -0.2) is 32.7 Å². The Morgan fingerprint density at radius 2 is 1.69 bits per heavy atom. The normalized spacial score (nSPS) is 11.7.